The van der Waals surface area contributed by atoms with Gasteiger partial charge in [-0.2, -0.15) is 0 Å². The van der Waals surface area contributed by atoms with E-state index < -0.39 is 6.10 Å². The molecular formula is C27H34N4O2. The van der Waals surface area contributed by atoms with Crippen LogP contribution in [0.25, 0.3) is 0 Å². The zero-order valence-corrected chi connectivity index (χ0v) is 20.0. The van der Waals surface area contributed by atoms with Gasteiger partial charge in [-0.25, -0.2) is 9.98 Å². The summed E-state index contributed by atoms with van der Waals surface area (Å²) in [5, 5.41) is 18.1. The van der Waals surface area contributed by atoms with E-state index in [-0.39, 0.29) is 12.3 Å². The minimum absolute atomic E-state index is 0.193. The number of hydrogen-bond acceptors (Lipinski definition) is 5. The lowest BCUT2D eigenvalue weighted by molar-refractivity contribution is 0.186. The Labute approximate surface area is 196 Å². The molecule has 0 spiro atoms. The molecular weight excluding hydrogens is 412 g/mol. The van der Waals surface area contributed by atoms with Crippen molar-refractivity contribution < 1.29 is 10.2 Å². The van der Waals surface area contributed by atoms with Crippen LogP contribution >= 0.6 is 0 Å². The summed E-state index contributed by atoms with van der Waals surface area (Å²) in [6, 6.07) is 18.8. The Morgan fingerprint density at radius 1 is 0.818 bits per heavy atom. The van der Waals surface area contributed by atoms with Gasteiger partial charge in [0.15, 0.2) is 0 Å². The summed E-state index contributed by atoms with van der Waals surface area (Å²) in [7, 11) is 1.93. The van der Waals surface area contributed by atoms with E-state index in [9.17, 15) is 5.11 Å². The molecule has 0 aliphatic rings. The van der Waals surface area contributed by atoms with Crippen molar-refractivity contribution in [2.75, 3.05) is 13.6 Å². The fraction of sp³-hybridized carbons (Fsp3) is 0.259. The van der Waals surface area contributed by atoms with Crippen molar-refractivity contribution in [1.29, 1.82) is 0 Å². The Morgan fingerprint density at radius 2 is 1.27 bits per heavy atom. The van der Waals surface area contributed by atoms with Gasteiger partial charge in [-0.05, 0) is 68.7 Å². The molecule has 6 nitrogen and oxygen atoms in total. The fourth-order valence-electron chi connectivity index (χ4n) is 3.07. The number of aryl methyl sites for hydroxylation is 4. The first-order chi connectivity index (χ1) is 15.7. The zero-order chi connectivity index (χ0) is 24.4. The van der Waals surface area contributed by atoms with E-state index in [1.165, 1.54) is 34.4 Å². The van der Waals surface area contributed by atoms with E-state index in [0.717, 1.165) is 16.9 Å². The molecule has 0 aromatic heterocycles. The van der Waals surface area contributed by atoms with E-state index in [4.69, 9.17) is 10.8 Å². The van der Waals surface area contributed by atoms with Crippen LogP contribution < -0.4 is 5.73 Å². The van der Waals surface area contributed by atoms with Crippen molar-refractivity contribution in [2.24, 2.45) is 15.7 Å². The highest BCUT2D eigenvalue weighted by molar-refractivity contribution is 5.78. The number of hydrogen-bond donors (Lipinski definition) is 3. The molecule has 0 bridgehead atoms. The van der Waals surface area contributed by atoms with E-state index in [1.807, 2.05) is 24.1 Å². The van der Waals surface area contributed by atoms with Gasteiger partial charge in [0.25, 0.3) is 0 Å². The Kier molecular flexibility index (Phi) is 9.79. The molecule has 174 valence electrons. The van der Waals surface area contributed by atoms with Gasteiger partial charge in [0.1, 0.15) is 5.75 Å². The standard InChI is InChI=1S/C19H23N3.C8H11NO2/c1-14-6-8-18(16(3)10-14)20-12-22(5)13-21-19-9-7-15(2)11-17(19)4;9-5-8(11)6-1-3-7(10)4-2-6/h6-13H,1-5H3;1-4,8,10-11H,5,9H2/b20-12+,21-13+;. The molecule has 3 aromatic rings. The van der Waals surface area contributed by atoms with Gasteiger partial charge in [0, 0.05) is 13.6 Å². The fourth-order valence-corrected chi connectivity index (χ4v) is 3.07. The number of nitrogens with zero attached hydrogens (tertiary/aromatic N) is 3. The number of phenolic OH excluding ortho intramolecular Hbond substituents is 1. The van der Waals surface area contributed by atoms with Crippen LogP contribution in [0.4, 0.5) is 11.4 Å². The number of aromatic hydroxyl groups is 1. The first-order valence-corrected chi connectivity index (χ1v) is 10.8. The average molecular weight is 447 g/mol. The smallest absolute Gasteiger partial charge is 0.115 e. The van der Waals surface area contributed by atoms with E-state index >= 15 is 0 Å². The number of aliphatic hydroxyl groups is 1. The largest absolute Gasteiger partial charge is 0.508 e. The second-order valence-corrected chi connectivity index (χ2v) is 8.08. The Bertz CT molecular complexity index is 1030. The molecule has 33 heavy (non-hydrogen) atoms. The van der Waals surface area contributed by atoms with Crippen molar-refractivity contribution in [2.45, 2.75) is 33.8 Å². The molecule has 1 unspecified atom stereocenters. The number of phenols is 1. The van der Waals surface area contributed by atoms with Gasteiger partial charge in [-0.1, -0.05) is 47.5 Å². The van der Waals surface area contributed by atoms with Crippen LogP contribution in [0.15, 0.2) is 70.6 Å². The van der Waals surface area contributed by atoms with Crippen LogP contribution in [-0.2, 0) is 0 Å². The minimum Gasteiger partial charge on any atom is -0.508 e. The molecule has 1 atom stereocenters. The second-order valence-electron chi connectivity index (χ2n) is 8.08. The van der Waals surface area contributed by atoms with Crippen LogP contribution in [0.3, 0.4) is 0 Å². The number of nitrogens with two attached hydrogens (primary N) is 1. The lowest BCUT2D eigenvalue weighted by Crippen LogP contribution is -2.12. The van der Waals surface area contributed by atoms with E-state index in [1.54, 1.807) is 24.8 Å². The highest BCUT2D eigenvalue weighted by atomic mass is 16.3. The number of rotatable bonds is 6. The second kappa shape index (κ2) is 12.5. The lowest BCUT2D eigenvalue weighted by atomic mass is 10.1. The summed E-state index contributed by atoms with van der Waals surface area (Å²) >= 11 is 0. The molecule has 0 saturated heterocycles. The molecule has 0 heterocycles. The molecule has 0 fully saturated rings. The van der Waals surface area contributed by atoms with E-state index in [2.05, 4.69) is 61.9 Å². The van der Waals surface area contributed by atoms with Gasteiger partial charge in [-0.3, -0.25) is 0 Å². The highest BCUT2D eigenvalue weighted by Crippen LogP contribution is 2.20. The summed E-state index contributed by atoms with van der Waals surface area (Å²) in [5.41, 5.74) is 12.8. The molecule has 4 N–H and O–H groups in total. The third kappa shape index (κ3) is 8.52. The molecule has 0 saturated carbocycles. The van der Waals surface area contributed by atoms with Crippen molar-refractivity contribution in [1.82, 2.24) is 4.90 Å². The normalized spacial score (nSPS) is 12.0. The van der Waals surface area contributed by atoms with Crippen LogP contribution in [0.1, 0.15) is 33.9 Å². The van der Waals surface area contributed by atoms with Gasteiger partial charge in [-0.15, -0.1) is 0 Å². The summed E-state index contributed by atoms with van der Waals surface area (Å²) in [4.78, 5) is 10.9. The maximum absolute atomic E-state index is 9.21. The summed E-state index contributed by atoms with van der Waals surface area (Å²) in [6.45, 7) is 8.52. The number of aliphatic imine (C=N–C) groups is 2. The molecule has 0 radical (unpaired) electrons. The Morgan fingerprint density at radius 3 is 1.67 bits per heavy atom. The van der Waals surface area contributed by atoms with Crippen LogP contribution in [-0.4, -0.2) is 41.4 Å². The minimum atomic E-state index is -0.629. The molecule has 6 heteroatoms. The maximum Gasteiger partial charge on any atom is 0.115 e. The first kappa shape index (κ1) is 25.8. The third-order valence-corrected chi connectivity index (χ3v) is 4.96. The van der Waals surface area contributed by atoms with Gasteiger partial charge < -0.3 is 20.8 Å². The predicted molar refractivity (Wildman–Crippen MR) is 138 cm³/mol. The van der Waals surface area contributed by atoms with Gasteiger partial charge in [0.05, 0.1) is 30.2 Å². The first-order valence-electron chi connectivity index (χ1n) is 10.8. The van der Waals surface area contributed by atoms with Crippen LogP contribution in [0.2, 0.25) is 0 Å². The van der Waals surface area contributed by atoms with Crippen molar-refractivity contribution >= 4 is 24.1 Å². The van der Waals surface area contributed by atoms with Crippen molar-refractivity contribution in [3.8, 4) is 5.75 Å². The molecule has 3 aromatic carbocycles. The topological polar surface area (TPSA) is 94.4 Å². The SMILES string of the molecule is Cc1ccc(/N=C/N(C)/C=N/c2ccc(C)cc2C)c(C)c1.NCC(O)c1ccc(O)cc1. The summed E-state index contributed by atoms with van der Waals surface area (Å²) in [5.74, 6) is 0.193. The molecule has 0 aliphatic heterocycles. The van der Waals surface area contributed by atoms with E-state index in [0.29, 0.717) is 0 Å². The maximum atomic E-state index is 9.21. The highest BCUT2D eigenvalue weighted by Gasteiger charge is 2.03. The monoisotopic (exact) mass is 446 g/mol. The number of benzene rings is 3. The van der Waals surface area contributed by atoms with Gasteiger partial charge in [0.2, 0.25) is 0 Å². The quantitative estimate of drug-likeness (QED) is 0.356. The average Bonchev–Trinajstić information content (AvgIpc) is 2.78. The predicted octanol–water partition coefficient (Wildman–Crippen LogP) is 5.26. The Hall–Kier alpha value is -3.48. The van der Waals surface area contributed by atoms with Crippen molar-refractivity contribution in [3.63, 3.8) is 0 Å². The van der Waals surface area contributed by atoms with Crippen molar-refractivity contribution in [3.05, 3.63) is 88.5 Å². The lowest BCUT2D eigenvalue weighted by Gasteiger charge is -2.07. The molecule has 0 aliphatic carbocycles. The zero-order valence-electron chi connectivity index (χ0n) is 20.0. The molecule has 0 amide bonds. The molecule has 3 rings (SSSR count). The number of aliphatic hydroxyl groups excluding tert-OH is 1. The third-order valence-electron chi connectivity index (χ3n) is 4.96. The summed E-state index contributed by atoms with van der Waals surface area (Å²) in [6.07, 6.45) is 2.94. The van der Waals surface area contributed by atoms with Crippen LogP contribution in [0, 0.1) is 27.7 Å². The Balaban J connectivity index is 0.000000294. The summed E-state index contributed by atoms with van der Waals surface area (Å²) < 4.78 is 0. The van der Waals surface area contributed by atoms with Gasteiger partial charge >= 0.3 is 0 Å². The van der Waals surface area contributed by atoms with Crippen LogP contribution in [0.5, 0.6) is 5.75 Å².